The van der Waals surface area contributed by atoms with E-state index in [2.05, 4.69) is 4.90 Å². The normalized spacial score (nSPS) is 18.9. The third-order valence-corrected chi connectivity index (χ3v) is 3.37. The predicted octanol–water partition coefficient (Wildman–Crippen LogP) is 0.868. The largest absolute Gasteiger partial charge is 0.480 e. The smallest absolute Gasteiger partial charge is 0.323 e. The van der Waals surface area contributed by atoms with E-state index in [0.29, 0.717) is 6.42 Å². The van der Waals surface area contributed by atoms with Gasteiger partial charge < -0.3 is 20.5 Å². The van der Waals surface area contributed by atoms with E-state index in [4.69, 9.17) is 15.6 Å². The Morgan fingerprint density at radius 1 is 1.37 bits per heavy atom. The van der Waals surface area contributed by atoms with Gasteiger partial charge in [0.1, 0.15) is 5.54 Å². The lowest BCUT2D eigenvalue weighted by Gasteiger charge is -2.29. The number of aliphatic carboxylic acids is 1. The number of nitrogens with zero attached hydrogens (tertiary/aromatic N) is 1. The molecular weight excluding hydrogens is 244 g/mol. The van der Waals surface area contributed by atoms with Gasteiger partial charge in [-0.2, -0.15) is 0 Å². The molecule has 1 heterocycles. The van der Waals surface area contributed by atoms with Crippen LogP contribution in [-0.4, -0.2) is 42.9 Å². The summed E-state index contributed by atoms with van der Waals surface area (Å²) in [5.41, 5.74) is 6.60. The summed E-state index contributed by atoms with van der Waals surface area (Å²) in [7, 11) is 0. The molecule has 1 aliphatic rings. The van der Waals surface area contributed by atoms with Crippen molar-refractivity contribution in [2.24, 2.45) is 5.73 Å². The Kier molecular flexibility index (Phi) is 4.07. The minimum absolute atomic E-state index is 0.325. The standard InChI is InChI=1S/C14H20N2O3/c1-14(15,13(17)18)10-11-2-4-12(5-3-11)16-6-8-19-9-7-16/h2-5H,6-10,15H2,1H3,(H,17,18). The molecule has 0 spiro atoms. The van der Waals surface area contributed by atoms with Crippen LogP contribution in [0.25, 0.3) is 0 Å². The van der Waals surface area contributed by atoms with Crippen molar-refractivity contribution < 1.29 is 14.6 Å². The summed E-state index contributed by atoms with van der Waals surface area (Å²) < 4.78 is 5.31. The monoisotopic (exact) mass is 264 g/mol. The van der Waals surface area contributed by atoms with Gasteiger partial charge in [0.15, 0.2) is 0 Å². The average Bonchev–Trinajstić information content (AvgIpc) is 2.40. The number of benzene rings is 1. The first-order valence-corrected chi connectivity index (χ1v) is 6.43. The van der Waals surface area contributed by atoms with Crippen molar-refractivity contribution in [3.8, 4) is 0 Å². The van der Waals surface area contributed by atoms with Gasteiger partial charge in [0, 0.05) is 25.2 Å². The van der Waals surface area contributed by atoms with E-state index in [1.54, 1.807) is 0 Å². The predicted molar refractivity (Wildman–Crippen MR) is 73.4 cm³/mol. The van der Waals surface area contributed by atoms with Crippen molar-refractivity contribution in [3.63, 3.8) is 0 Å². The number of morpholine rings is 1. The van der Waals surface area contributed by atoms with Crippen molar-refractivity contribution in [3.05, 3.63) is 29.8 Å². The molecule has 2 rings (SSSR count). The Hall–Kier alpha value is -1.59. The third-order valence-electron chi connectivity index (χ3n) is 3.37. The molecule has 1 aliphatic heterocycles. The fourth-order valence-electron chi connectivity index (χ4n) is 2.15. The third kappa shape index (κ3) is 3.45. The number of ether oxygens (including phenoxy) is 1. The minimum atomic E-state index is -1.22. The number of carbonyl (C=O) groups is 1. The summed E-state index contributed by atoms with van der Waals surface area (Å²) in [5, 5.41) is 9.01. The summed E-state index contributed by atoms with van der Waals surface area (Å²) in [6, 6.07) is 7.91. The SMILES string of the molecule is CC(N)(Cc1ccc(N2CCOCC2)cc1)C(=O)O. The maximum atomic E-state index is 11.0. The molecule has 3 N–H and O–H groups in total. The number of carboxylic acid groups (broad SMARTS) is 1. The number of carboxylic acids is 1. The molecule has 0 amide bonds. The Balaban J connectivity index is 2.04. The van der Waals surface area contributed by atoms with Gasteiger partial charge >= 0.3 is 5.97 Å². The van der Waals surface area contributed by atoms with Crippen LogP contribution in [0, 0.1) is 0 Å². The summed E-state index contributed by atoms with van der Waals surface area (Å²) in [5.74, 6) is -0.982. The molecular formula is C14H20N2O3. The van der Waals surface area contributed by atoms with Gasteiger partial charge in [0.2, 0.25) is 0 Å². The second kappa shape index (κ2) is 5.59. The molecule has 0 saturated carbocycles. The molecule has 1 aromatic rings. The Labute approximate surface area is 113 Å². The summed E-state index contributed by atoms with van der Waals surface area (Å²) in [4.78, 5) is 13.2. The van der Waals surface area contributed by atoms with Crippen molar-refractivity contribution in [1.29, 1.82) is 0 Å². The van der Waals surface area contributed by atoms with E-state index in [0.717, 1.165) is 37.6 Å². The van der Waals surface area contributed by atoms with Gasteiger partial charge in [-0.3, -0.25) is 4.79 Å². The molecule has 5 heteroatoms. The lowest BCUT2D eigenvalue weighted by atomic mass is 9.94. The molecule has 1 atom stereocenters. The maximum absolute atomic E-state index is 11.0. The first-order chi connectivity index (χ1) is 8.99. The highest BCUT2D eigenvalue weighted by molar-refractivity contribution is 5.78. The number of anilines is 1. The average molecular weight is 264 g/mol. The molecule has 0 radical (unpaired) electrons. The van der Waals surface area contributed by atoms with Gasteiger partial charge in [-0.1, -0.05) is 12.1 Å². The zero-order valence-electron chi connectivity index (χ0n) is 11.1. The second-order valence-corrected chi connectivity index (χ2v) is 5.17. The topological polar surface area (TPSA) is 75.8 Å². The lowest BCUT2D eigenvalue weighted by molar-refractivity contribution is -0.142. The van der Waals surface area contributed by atoms with Crippen LogP contribution in [0.1, 0.15) is 12.5 Å². The second-order valence-electron chi connectivity index (χ2n) is 5.17. The van der Waals surface area contributed by atoms with Gasteiger partial charge in [-0.05, 0) is 24.6 Å². The molecule has 1 unspecified atom stereocenters. The number of nitrogens with two attached hydrogens (primary N) is 1. The summed E-state index contributed by atoms with van der Waals surface area (Å²) in [6.07, 6.45) is 0.325. The van der Waals surface area contributed by atoms with Crippen LogP contribution in [-0.2, 0) is 16.0 Å². The highest BCUT2D eigenvalue weighted by Crippen LogP contribution is 2.19. The van der Waals surface area contributed by atoms with Crippen molar-refractivity contribution in [2.45, 2.75) is 18.9 Å². The van der Waals surface area contributed by atoms with Crippen molar-refractivity contribution in [2.75, 3.05) is 31.2 Å². The molecule has 19 heavy (non-hydrogen) atoms. The van der Waals surface area contributed by atoms with Crippen LogP contribution in [0.2, 0.25) is 0 Å². The Morgan fingerprint density at radius 2 is 1.95 bits per heavy atom. The molecule has 1 saturated heterocycles. The van der Waals surface area contributed by atoms with Gasteiger partial charge in [0.25, 0.3) is 0 Å². The fourth-order valence-corrected chi connectivity index (χ4v) is 2.15. The van der Waals surface area contributed by atoms with Gasteiger partial charge in [-0.25, -0.2) is 0 Å². The van der Waals surface area contributed by atoms with Crippen LogP contribution < -0.4 is 10.6 Å². The maximum Gasteiger partial charge on any atom is 0.323 e. The zero-order chi connectivity index (χ0) is 13.9. The van der Waals surface area contributed by atoms with Crippen LogP contribution in [0.5, 0.6) is 0 Å². The quantitative estimate of drug-likeness (QED) is 0.844. The van der Waals surface area contributed by atoms with E-state index in [1.807, 2.05) is 24.3 Å². The van der Waals surface area contributed by atoms with Crippen LogP contribution in [0.3, 0.4) is 0 Å². The Morgan fingerprint density at radius 3 is 2.47 bits per heavy atom. The van der Waals surface area contributed by atoms with Gasteiger partial charge in [0.05, 0.1) is 13.2 Å². The Bertz CT molecular complexity index is 437. The van der Waals surface area contributed by atoms with Crippen LogP contribution in [0.15, 0.2) is 24.3 Å². The molecule has 0 bridgehead atoms. The first kappa shape index (κ1) is 13.8. The molecule has 1 fully saturated rings. The van der Waals surface area contributed by atoms with Gasteiger partial charge in [-0.15, -0.1) is 0 Å². The molecule has 5 nitrogen and oxygen atoms in total. The van der Waals surface area contributed by atoms with Crippen molar-refractivity contribution >= 4 is 11.7 Å². The van der Waals surface area contributed by atoms with E-state index < -0.39 is 11.5 Å². The fraction of sp³-hybridized carbons (Fsp3) is 0.500. The number of rotatable bonds is 4. The summed E-state index contributed by atoms with van der Waals surface area (Å²) >= 11 is 0. The highest BCUT2D eigenvalue weighted by Gasteiger charge is 2.28. The lowest BCUT2D eigenvalue weighted by Crippen LogP contribution is -2.46. The first-order valence-electron chi connectivity index (χ1n) is 6.43. The van der Waals surface area contributed by atoms with E-state index in [9.17, 15) is 4.79 Å². The molecule has 104 valence electrons. The highest BCUT2D eigenvalue weighted by atomic mass is 16.5. The van der Waals surface area contributed by atoms with Crippen LogP contribution in [0.4, 0.5) is 5.69 Å². The molecule has 0 aliphatic carbocycles. The summed E-state index contributed by atoms with van der Waals surface area (Å²) in [6.45, 7) is 4.82. The molecule has 0 aromatic heterocycles. The van der Waals surface area contributed by atoms with E-state index >= 15 is 0 Å². The van der Waals surface area contributed by atoms with Crippen LogP contribution >= 0.6 is 0 Å². The van der Waals surface area contributed by atoms with E-state index in [-0.39, 0.29) is 0 Å². The zero-order valence-corrected chi connectivity index (χ0v) is 11.1. The van der Waals surface area contributed by atoms with E-state index in [1.165, 1.54) is 6.92 Å². The number of hydrogen-bond donors (Lipinski definition) is 2. The number of hydrogen-bond acceptors (Lipinski definition) is 4. The minimum Gasteiger partial charge on any atom is -0.480 e. The van der Waals surface area contributed by atoms with Crippen molar-refractivity contribution in [1.82, 2.24) is 0 Å². The molecule has 1 aromatic carbocycles.